The zero-order chi connectivity index (χ0) is 42.8. The molecule has 1 N–H and O–H groups in total. The molecule has 4 rings (SSSR count). The molecule has 0 aliphatic rings. The highest BCUT2D eigenvalue weighted by Crippen LogP contribution is 2.36. The molecule has 0 bridgehead atoms. The van der Waals surface area contributed by atoms with Crippen LogP contribution < -0.4 is 0 Å². The third-order valence-electron chi connectivity index (χ3n) is 8.06. The van der Waals surface area contributed by atoms with Crippen molar-refractivity contribution in [2.24, 2.45) is 0 Å². The predicted octanol–water partition coefficient (Wildman–Crippen LogP) is 7.83. The molecule has 2 aromatic carbocycles. The number of pyridine rings is 2. The number of hydrogen-bond acceptors (Lipinski definition) is 13. The number of non-ortho nitro benzene ring substituents is 1. The maximum absolute atomic E-state index is 12.9. The average molecular weight is 784 g/mol. The van der Waals surface area contributed by atoms with E-state index in [1.165, 1.54) is 44.4 Å². The number of nitro groups is 1. The van der Waals surface area contributed by atoms with Gasteiger partial charge in [-0.2, -0.15) is 0 Å². The second-order valence-corrected chi connectivity index (χ2v) is 13.3. The molecule has 300 valence electrons. The molecule has 0 saturated carbocycles. The van der Waals surface area contributed by atoms with Gasteiger partial charge in [0.2, 0.25) is 0 Å². The number of benzene rings is 2. The molecule has 2 heterocycles. The summed E-state index contributed by atoms with van der Waals surface area (Å²) in [6.07, 6.45) is 2.91. The molecule has 0 aliphatic heterocycles. The molecule has 0 amide bonds. The highest BCUT2D eigenvalue weighted by Gasteiger charge is 2.30. The third-order valence-corrected chi connectivity index (χ3v) is 8.06. The van der Waals surface area contributed by atoms with Crippen molar-refractivity contribution in [3.8, 4) is 22.3 Å². The van der Waals surface area contributed by atoms with Crippen LogP contribution in [0.15, 0.2) is 54.6 Å². The average Bonchev–Trinajstić information content (AvgIpc) is 3.12. The zero-order valence-electron chi connectivity index (χ0n) is 33.5. The highest BCUT2D eigenvalue weighted by atomic mass is 16.6. The Hall–Kier alpha value is -6.77. The third kappa shape index (κ3) is 10.9. The van der Waals surface area contributed by atoms with E-state index in [-0.39, 0.29) is 63.7 Å². The van der Waals surface area contributed by atoms with Crippen LogP contribution in [0.3, 0.4) is 0 Å². The van der Waals surface area contributed by atoms with Gasteiger partial charge in [0, 0.05) is 29.3 Å². The Morgan fingerprint density at radius 1 is 0.754 bits per heavy atom. The number of aromatic carboxylic acids is 1. The first-order valence-electron chi connectivity index (χ1n) is 17.7. The zero-order valence-corrected chi connectivity index (χ0v) is 33.5. The fourth-order valence-corrected chi connectivity index (χ4v) is 5.92. The molecule has 0 spiro atoms. The van der Waals surface area contributed by atoms with Crippen LogP contribution in [0.5, 0.6) is 0 Å². The van der Waals surface area contributed by atoms with E-state index in [1.54, 1.807) is 85.7 Å². The van der Waals surface area contributed by atoms with E-state index in [4.69, 9.17) is 18.9 Å². The van der Waals surface area contributed by atoms with Gasteiger partial charge in [-0.15, -0.1) is 0 Å². The van der Waals surface area contributed by atoms with Crippen molar-refractivity contribution >= 4 is 41.6 Å². The monoisotopic (exact) mass is 783 g/mol. The van der Waals surface area contributed by atoms with Gasteiger partial charge in [-0.25, -0.2) is 24.0 Å². The molecule has 15 heteroatoms. The number of carbonyl (C=O) groups is 5. The highest BCUT2D eigenvalue weighted by molar-refractivity contribution is 6.09. The summed E-state index contributed by atoms with van der Waals surface area (Å²) in [5.41, 5.74) is 2.48. The fraction of sp³-hybridized carbons (Fsp3) is 0.310. The standard InChI is InChI=1S/C26H31NO6.C16H14N2O6/c1-8-31-24(29)21-16(3)27-17(4)22(25(30)32-9-2)23(21)19-13-11-10-12-18(19)14-15-20(28)33-26(5,6)7;1-8-12(15(19)20)14(13(9(2)17-8)16(21)24-3)10-5-4-6-11(7-10)18(22)23/h10-15H,8-9H2,1-7H3;4-7H,1-3H3,(H,19,20). The smallest absolute Gasteiger partial charge is 0.340 e. The summed E-state index contributed by atoms with van der Waals surface area (Å²) < 4.78 is 20.6. The number of methoxy groups -OCH3 is 1. The van der Waals surface area contributed by atoms with E-state index in [0.717, 1.165) is 0 Å². The van der Waals surface area contributed by atoms with Gasteiger partial charge in [-0.3, -0.25) is 20.1 Å². The molecule has 15 nitrogen and oxygen atoms in total. The largest absolute Gasteiger partial charge is 0.478 e. The number of rotatable bonds is 11. The Morgan fingerprint density at radius 2 is 1.26 bits per heavy atom. The lowest BCUT2D eigenvalue weighted by molar-refractivity contribution is -0.384. The van der Waals surface area contributed by atoms with Crippen LogP contribution in [-0.4, -0.2) is 75.8 Å². The van der Waals surface area contributed by atoms with E-state index in [0.29, 0.717) is 28.1 Å². The molecule has 4 aromatic rings. The van der Waals surface area contributed by atoms with Crippen LogP contribution in [0.4, 0.5) is 5.69 Å². The van der Waals surface area contributed by atoms with Gasteiger partial charge in [0.05, 0.1) is 70.3 Å². The number of nitrogens with zero attached hydrogens (tertiary/aromatic N) is 3. The minimum absolute atomic E-state index is 0.0269. The van der Waals surface area contributed by atoms with Crippen LogP contribution in [-0.2, 0) is 23.7 Å². The van der Waals surface area contributed by atoms with Crippen LogP contribution >= 0.6 is 0 Å². The molecule has 0 unspecified atom stereocenters. The molecular formula is C42H45N3O12. The quantitative estimate of drug-likeness (QED) is 0.0505. The van der Waals surface area contributed by atoms with Crippen molar-refractivity contribution in [1.82, 2.24) is 9.97 Å². The number of carboxylic acids is 1. The van der Waals surface area contributed by atoms with Gasteiger partial charge in [0.15, 0.2) is 0 Å². The number of esters is 4. The summed E-state index contributed by atoms with van der Waals surface area (Å²) in [6, 6.07) is 12.6. The van der Waals surface area contributed by atoms with E-state index < -0.39 is 40.4 Å². The lowest BCUT2D eigenvalue weighted by Crippen LogP contribution is -2.22. The lowest BCUT2D eigenvalue weighted by atomic mass is 9.89. The van der Waals surface area contributed by atoms with Gasteiger partial charge < -0.3 is 24.1 Å². The number of aromatic nitrogens is 2. The summed E-state index contributed by atoms with van der Waals surface area (Å²) in [7, 11) is 1.17. The van der Waals surface area contributed by atoms with Crippen molar-refractivity contribution < 1.29 is 52.9 Å². The molecule has 0 aliphatic carbocycles. The van der Waals surface area contributed by atoms with Gasteiger partial charge in [0.25, 0.3) is 5.69 Å². The summed E-state index contributed by atoms with van der Waals surface area (Å²) >= 11 is 0. The van der Waals surface area contributed by atoms with Crippen LogP contribution in [0.25, 0.3) is 28.3 Å². The van der Waals surface area contributed by atoms with Crippen molar-refractivity contribution in [2.75, 3.05) is 20.3 Å². The number of ether oxygens (including phenoxy) is 4. The van der Waals surface area contributed by atoms with Crippen molar-refractivity contribution in [2.45, 2.75) is 67.9 Å². The molecule has 0 fully saturated rings. The molecule has 57 heavy (non-hydrogen) atoms. The van der Waals surface area contributed by atoms with E-state index in [9.17, 15) is 39.2 Å². The minimum Gasteiger partial charge on any atom is -0.478 e. The minimum atomic E-state index is -1.29. The number of hydrogen-bond donors (Lipinski definition) is 1. The maximum Gasteiger partial charge on any atom is 0.340 e. The summed E-state index contributed by atoms with van der Waals surface area (Å²) in [5.74, 6) is -3.73. The Labute approximate surface area is 329 Å². The normalized spacial score (nSPS) is 10.9. The Morgan fingerprint density at radius 3 is 1.74 bits per heavy atom. The van der Waals surface area contributed by atoms with Gasteiger partial charge >= 0.3 is 29.8 Å². The van der Waals surface area contributed by atoms with E-state index in [2.05, 4.69) is 9.97 Å². The number of aryl methyl sites for hydroxylation is 4. The van der Waals surface area contributed by atoms with E-state index in [1.807, 2.05) is 0 Å². The van der Waals surface area contributed by atoms with Crippen molar-refractivity contribution in [3.63, 3.8) is 0 Å². The second-order valence-electron chi connectivity index (χ2n) is 13.3. The summed E-state index contributed by atoms with van der Waals surface area (Å²) in [4.78, 5) is 80.8. The Kier molecular flexibility index (Phi) is 15.0. The SMILES string of the molecule is CCOC(=O)c1c(C)nc(C)c(C(=O)OCC)c1-c1ccccc1C=CC(=O)OC(C)(C)C.COC(=O)c1c(C)nc(C)c(C(=O)O)c1-c1cccc([N+](=O)[O-])c1. The number of carbonyl (C=O) groups excluding carboxylic acids is 4. The first kappa shape index (κ1) is 44.6. The fourth-order valence-electron chi connectivity index (χ4n) is 5.92. The van der Waals surface area contributed by atoms with Gasteiger partial charge in [-0.1, -0.05) is 36.4 Å². The first-order chi connectivity index (χ1) is 26.8. The van der Waals surface area contributed by atoms with E-state index >= 15 is 0 Å². The van der Waals surface area contributed by atoms with Gasteiger partial charge in [-0.05, 0) is 85.1 Å². The second kappa shape index (κ2) is 19.2. The topological polar surface area (TPSA) is 211 Å². The van der Waals surface area contributed by atoms with Crippen LogP contribution in [0.2, 0.25) is 0 Å². The lowest BCUT2D eigenvalue weighted by Gasteiger charge is -2.19. The van der Waals surface area contributed by atoms with Crippen LogP contribution in [0.1, 0.15) is 104 Å². The Balaban J connectivity index is 0.000000321. The van der Waals surface area contributed by atoms with Gasteiger partial charge in [0.1, 0.15) is 5.60 Å². The molecule has 0 atom stereocenters. The molecule has 2 aromatic heterocycles. The predicted molar refractivity (Wildman–Crippen MR) is 210 cm³/mol. The molecular weight excluding hydrogens is 738 g/mol. The van der Waals surface area contributed by atoms with Crippen LogP contribution in [0, 0.1) is 37.8 Å². The molecule has 0 saturated heterocycles. The Bertz CT molecular complexity index is 2210. The summed E-state index contributed by atoms with van der Waals surface area (Å²) in [6.45, 7) is 15.5. The first-order valence-corrected chi connectivity index (χ1v) is 17.7. The maximum atomic E-state index is 12.9. The van der Waals surface area contributed by atoms with Crippen molar-refractivity contribution in [3.05, 3.63) is 115 Å². The number of nitro benzene ring substituents is 1. The summed E-state index contributed by atoms with van der Waals surface area (Å²) in [5, 5.41) is 20.5. The van der Waals surface area contributed by atoms with Crippen molar-refractivity contribution in [1.29, 1.82) is 0 Å². The molecule has 0 radical (unpaired) electrons. The number of carboxylic acid groups (broad SMARTS) is 1.